The first kappa shape index (κ1) is 31.8. The summed E-state index contributed by atoms with van der Waals surface area (Å²) in [6.45, 7) is 3.68. The van der Waals surface area contributed by atoms with Gasteiger partial charge in [-0.2, -0.15) is 0 Å². The first-order valence-corrected chi connectivity index (χ1v) is 16.6. The summed E-state index contributed by atoms with van der Waals surface area (Å²) in [4.78, 5) is 43.5. The molecule has 0 spiro atoms. The average molecular weight is 651 g/mol. The zero-order valence-electron chi connectivity index (χ0n) is 27.9. The molecular formula is C36H42N8O4. The molecule has 7 rings (SSSR count). The number of nitrogens with two attached hydrogens (primary N) is 1. The largest absolute Gasteiger partial charge is 0.494 e. The number of piperidine rings is 1. The third kappa shape index (κ3) is 5.68. The van der Waals surface area contributed by atoms with Gasteiger partial charge in [-0.3, -0.25) is 14.6 Å². The van der Waals surface area contributed by atoms with Gasteiger partial charge in [0.15, 0.2) is 5.82 Å². The van der Waals surface area contributed by atoms with Crippen LogP contribution in [0.4, 0.5) is 0 Å². The minimum absolute atomic E-state index is 0.0609. The summed E-state index contributed by atoms with van der Waals surface area (Å²) < 4.78 is 15.6. The predicted octanol–water partition coefficient (Wildman–Crippen LogP) is 4.40. The number of fused-ring (bicyclic) bond motifs is 3. The second-order valence-corrected chi connectivity index (χ2v) is 12.9. The maximum absolute atomic E-state index is 13.7. The molecule has 2 bridgehead atoms. The Morgan fingerprint density at radius 1 is 1.06 bits per heavy atom. The number of methoxy groups -OCH3 is 2. The summed E-state index contributed by atoms with van der Waals surface area (Å²) >= 11 is 0. The number of aromatic nitrogens is 5. The number of amides is 2. The van der Waals surface area contributed by atoms with Gasteiger partial charge in [0.25, 0.3) is 11.8 Å². The highest BCUT2D eigenvalue weighted by Gasteiger charge is 2.31. The van der Waals surface area contributed by atoms with Gasteiger partial charge in [0, 0.05) is 57.0 Å². The van der Waals surface area contributed by atoms with Crippen molar-refractivity contribution in [2.24, 2.45) is 12.8 Å². The van der Waals surface area contributed by atoms with E-state index in [2.05, 4.69) is 27.0 Å². The molecule has 3 atom stereocenters. The van der Waals surface area contributed by atoms with Crippen molar-refractivity contribution in [1.29, 1.82) is 0 Å². The number of likely N-dealkylation sites (tertiary alicyclic amines) is 1. The van der Waals surface area contributed by atoms with Crippen LogP contribution in [0.1, 0.15) is 70.8 Å². The van der Waals surface area contributed by atoms with Gasteiger partial charge in [-0.15, -0.1) is 0 Å². The fraction of sp³-hybridized carbons (Fsp3) is 0.417. The first-order valence-electron chi connectivity index (χ1n) is 16.6. The Kier molecular flexibility index (Phi) is 8.61. The molecule has 4 aromatic heterocycles. The fourth-order valence-electron chi connectivity index (χ4n) is 7.16. The van der Waals surface area contributed by atoms with E-state index in [0.717, 1.165) is 71.7 Å². The second-order valence-electron chi connectivity index (χ2n) is 12.9. The topological polar surface area (TPSA) is 142 Å². The van der Waals surface area contributed by atoms with Crippen LogP contribution >= 0.6 is 0 Å². The Balaban J connectivity index is 1.27. The quantitative estimate of drug-likeness (QED) is 0.292. The smallest absolute Gasteiger partial charge is 0.254 e. The average Bonchev–Trinajstić information content (AvgIpc) is 3.63. The summed E-state index contributed by atoms with van der Waals surface area (Å²) in [5, 5.41) is 4.12. The van der Waals surface area contributed by atoms with E-state index in [9.17, 15) is 9.59 Å². The highest BCUT2D eigenvalue weighted by molar-refractivity contribution is 6.00. The molecule has 1 aromatic carbocycles. The van der Waals surface area contributed by atoms with E-state index >= 15 is 0 Å². The maximum atomic E-state index is 13.7. The summed E-state index contributed by atoms with van der Waals surface area (Å²) in [5.41, 5.74) is 12.3. The molecule has 2 aliphatic rings. The molecule has 250 valence electrons. The molecule has 48 heavy (non-hydrogen) atoms. The number of benzene rings is 1. The highest BCUT2D eigenvalue weighted by Crippen LogP contribution is 2.35. The molecule has 1 fully saturated rings. The maximum Gasteiger partial charge on any atom is 0.254 e. The Morgan fingerprint density at radius 3 is 2.71 bits per heavy atom. The summed E-state index contributed by atoms with van der Waals surface area (Å²) in [7, 11) is 5.24. The van der Waals surface area contributed by atoms with E-state index in [-0.39, 0.29) is 30.0 Å². The van der Waals surface area contributed by atoms with Gasteiger partial charge in [0.2, 0.25) is 0 Å². The SMILES string of the molecule is COc1cc(C(=O)N2CC[C@@H](OC)[C@@H](N)C2)cc2nc(-c3cc4ccc5nc4n3CCCCCc3ncccc3C(=O)N[C@@H]5C)n(C)c12. The molecule has 12 nitrogen and oxygen atoms in total. The van der Waals surface area contributed by atoms with Gasteiger partial charge >= 0.3 is 0 Å². The number of nitrogens with zero attached hydrogens (tertiary/aromatic N) is 6. The normalized spacial score (nSPS) is 20.5. The Hall–Kier alpha value is -4.81. The van der Waals surface area contributed by atoms with E-state index in [1.54, 1.807) is 31.4 Å². The van der Waals surface area contributed by atoms with E-state index in [4.69, 9.17) is 25.2 Å². The zero-order valence-corrected chi connectivity index (χ0v) is 27.9. The van der Waals surface area contributed by atoms with E-state index in [0.29, 0.717) is 41.9 Å². The fourth-order valence-corrected chi connectivity index (χ4v) is 7.16. The van der Waals surface area contributed by atoms with Crippen molar-refractivity contribution < 1.29 is 19.1 Å². The van der Waals surface area contributed by atoms with Crippen molar-refractivity contribution in [2.75, 3.05) is 27.3 Å². The van der Waals surface area contributed by atoms with Gasteiger partial charge < -0.3 is 34.6 Å². The second kappa shape index (κ2) is 13.0. The van der Waals surface area contributed by atoms with Crippen LogP contribution < -0.4 is 15.8 Å². The van der Waals surface area contributed by atoms with Crippen molar-refractivity contribution in [3.8, 4) is 17.3 Å². The highest BCUT2D eigenvalue weighted by atomic mass is 16.5. The first-order chi connectivity index (χ1) is 23.3. The minimum Gasteiger partial charge on any atom is -0.494 e. The number of nitrogens with one attached hydrogen (secondary N) is 1. The van der Waals surface area contributed by atoms with E-state index in [1.165, 1.54) is 0 Å². The number of carbonyl (C=O) groups excluding carboxylic acids is 2. The molecule has 3 N–H and O–H groups in total. The van der Waals surface area contributed by atoms with Crippen LogP contribution in [-0.2, 0) is 24.8 Å². The van der Waals surface area contributed by atoms with E-state index < -0.39 is 0 Å². The lowest BCUT2D eigenvalue weighted by atomic mass is 10.0. The minimum atomic E-state index is -0.310. The lowest BCUT2D eigenvalue weighted by molar-refractivity contribution is 0.0227. The molecule has 5 aromatic rings. The van der Waals surface area contributed by atoms with Crippen LogP contribution in [-0.4, -0.2) is 80.3 Å². The van der Waals surface area contributed by atoms with Crippen LogP contribution in [0.2, 0.25) is 0 Å². The number of hydrogen-bond donors (Lipinski definition) is 2. The Bertz CT molecular complexity index is 2020. The van der Waals surface area contributed by atoms with Crippen molar-refractivity contribution in [3.05, 3.63) is 71.2 Å². The lowest BCUT2D eigenvalue weighted by Crippen LogP contribution is -2.53. The van der Waals surface area contributed by atoms with Crippen LogP contribution in [0.3, 0.4) is 0 Å². The van der Waals surface area contributed by atoms with Crippen LogP contribution in [0, 0.1) is 0 Å². The number of rotatable bonds is 4. The Morgan fingerprint density at radius 2 is 1.92 bits per heavy atom. The van der Waals surface area contributed by atoms with Gasteiger partial charge in [-0.25, -0.2) is 9.97 Å². The molecule has 1 saturated heterocycles. The molecule has 0 radical (unpaired) electrons. The molecule has 0 aliphatic carbocycles. The summed E-state index contributed by atoms with van der Waals surface area (Å²) in [5.74, 6) is 1.07. The number of carbonyl (C=O) groups is 2. The number of ether oxygens (including phenoxy) is 2. The Labute approximate surface area is 279 Å². The van der Waals surface area contributed by atoms with Crippen LogP contribution in [0.25, 0.3) is 33.6 Å². The molecule has 0 unspecified atom stereocenters. The third-order valence-electron chi connectivity index (χ3n) is 9.80. The number of hydrogen-bond acceptors (Lipinski definition) is 8. The van der Waals surface area contributed by atoms with Crippen molar-refractivity contribution in [2.45, 2.75) is 63.8 Å². The van der Waals surface area contributed by atoms with Gasteiger partial charge in [0.1, 0.15) is 16.9 Å². The predicted molar refractivity (Wildman–Crippen MR) is 183 cm³/mol. The molecule has 2 aliphatic heterocycles. The number of imidazole rings is 1. The van der Waals surface area contributed by atoms with Crippen molar-refractivity contribution in [1.82, 2.24) is 34.3 Å². The standard InChI is InChI=1S/C36H42N8O4/c1-21-26-12-11-22-18-29(44(33(22)40-26)15-7-5-6-10-27-24(35(45)39-21)9-8-14-38-27)34-41-28-17-23(19-31(48-4)32(28)42(34)2)36(46)43-16-13-30(47-3)25(37)20-43/h8-9,11-12,14,17-19,21,25,30H,5-7,10,13,15-16,20,37H2,1-4H3,(H,39,45)/t21-,25+,30-/m1/s1. The van der Waals surface area contributed by atoms with Crippen molar-refractivity contribution >= 4 is 33.9 Å². The van der Waals surface area contributed by atoms with Gasteiger partial charge in [-0.1, -0.05) is 6.42 Å². The monoisotopic (exact) mass is 650 g/mol. The molecule has 12 heteroatoms. The summed E-state index contributed by atoms with van der Waals surface area (Å²) in [6, 6.07) is 12.9. The summed E-state index contributed by atoms with van der Waals surface area (Å²) in [6.07, 6.45) is 5.89. The van der Waals surface area contributed by atoms with Gasteiger partial charge in [0.05, 0.1) is 47.4 Å². The lowest BCUT2D eigenvalue weighted by Gasteiger charge is -2.36. The van der Waals surface area contributed by atoms with Crippen LogP contribution in [0.15, 0.2) is 48.7 Å². The van der Waals surface area contributed by atoms with Gasteiger partial charge in [-0.05, 0) is 75.1 Å². The number of aryl methyl sites for hydroxylation is 3. The molecule has 0 saturated carbocycles. The molecule has 6 heterocycles. The van der Waals surface area contributed by atoms with Crippen molar-refractivity contribution in [3.63, 3.8) is 0 Å². The van der Waals surface area contributed by atoms with E-state index in [1.807, 2.05) is 42.8 Å². The zero-order chi connectivity index (χ0) is 33.5. The molecule has 2 amide bonds. The number of pyridine rings is 2. The third-order valence-corrected chi connectivity index (χ3v) is 9.80. The molecular weight excluding hydrogens is 608 g/mol. The van der Waals surface area contributed by atoms with Crippen LogP contribution in [0.5, 0.6) is 5.75 Å².